The van der Waals surface area contributed by atoms with Gasteiger partial charge < -0.3 is 10.2 Å². The van der Waals surface area contributed by atoms with Crippen molar-refractivity contribution in [1.82, 2.24) is 10.3 Å². The molecule has 0 bridgehead atoms. The van der Waals surface area contributed by atoms with Gasteiger partial charge in [-0.2, -0.15) is 0 Å². The van der Waals surface area contributed by atoms with Crippen LogP contribution in [0.2, 0.25) is 0 Å². The largest absolute Gasteiger partial charge is 0.367 e. The molecule has 1 aromatic heterocycles. The van der Waals surface area contributed by atoms with E-state index in [1.165, 1.54) is 16.8 Å². The zero-order valence-corrected chi connectivity index (χ0v) is 13.7. The first-order valence-corrected chi connectivity index (χ1v) is 7.49. The third-order valence-electron chi connectivity index (χ3n) is 3.15. The second-order valence-electron chi connectivity index (χ2n) is 5.95. The Balaban J connectivity index is 2.90. The third kappa shape index (κ3) is 5.33. The number of pyridine rings is 1. The first-order valence-electron chi connectivity index (χ1n) is 7.49. The van der Waals surface area contributed by atoms with Crippen molar-refractivity contribution in [3.63, 3.8) is 0 Å². The van der Waals surface area contributed by atoms with E-state index in [4.69, 9.17) is 0 Å². The van der Waals surface area contributed by atoms with E-state index in [-0.39, 0.29) is 0 Å². The van der Waals surface area contributed by atoms with E-state index in [0.29, 0.717) is 5.92 Å². The van der Waals surface area contributed by atoms with Crippen LogP contribution in [0, 0.1) is 12.8 Å². The molecule has 0 saturated carbocycles. The third-order valence-corrected chi connectivity index (χ3v) is 3.15. The van der Waals surface area contributed by atoms with Crippen LogP contribution in [0.25, 0.3) is 0 Å². The summed E-state index contributed by atoms with van der Waals surface area (Å²) in [5.74, 6) is 0.662. The summed E-state index contributed by atoms with van der Waals surface area (Å²) in [4.78, 5) is 6.81. The van der Waals surface area contributed by atoms with Gasteiger partial charge in [0, 0.05) is 42.8 Å². The van der Waals surface area contributed by atoms with Crippen LogP contribution < -0.4 is 10.2 Å². The van der Waals surface area contributed by atoms with Gasteiger partial charge in [-0.3, -0.25) is 4.98 Å². The normalized spacial score (nSPS) is 10.9. The molecule has 0 atom stereocenters. The van der Waals surface area contributed by atoms with E-state index in [2.05, 4.69) is 55.5 Å². The summed E-state index contributed by atoms with van der Waals surface area (Å²) in [7, 11) is 0. The van der Waals surface area contributed by atoms with E-state index in [1.54, 1.807) is 0 Å². The highest BCUT2D eigenvalue weighted by atomic mass is 15.1. The molecule has 112 valence electrons. The van der Waals surface area contributed by atoms with Crippen molar-refractivity contribution in [1.29, 1.82) is 0 Å². The summed E-state index contributed by atoms with van der Waals surface area (Å²) in [6.45, 7) is 18.6. The van der Waals surface area contributed by atoms with Crippen LogP contribution in [0.1, 0.15) is 39.0 Å². The van der Waals surface area contributed by atoms with E-state index in [1.807, 2.05) is 13.1 Å². The Morgan fingerprint density at radius 1 is 1.45 bits per heavy atom. The second kappa shape index (κ2) is 8.05. The minimum absolute atomic E-state index is 0.662. The molecule has 3 nitrogen and oxygen atoms in total. The predicted octanol–water partition coefficient (Wildman–Crippen LogP) is 3.54. The molecule has 3 heteroatoms. The van der Waals surface area contributed by atoms with Gasteiger partial charge in [-0.1, -0.05) is 26.0 Å². The lowest BCUT2D eigenvalue weighted by Crippen LogP contribution is -2.27. The molecule has 0 fully saturated rings. The van der Waals surface area contributed by atoms with Crippen molar-refractivity contribution >= 4 is 5.69 Å². The Morgan fingerprint density at radius 2 is 2.15 bits per heavy atom. The summed E-state index contributed by atoms with van der Waals surface area (Å²) in [5.41, 5.74) is 4.79. The molecule has 0 aromatic carbocycles. The summed E-state index contributed by atoms with van der Waals surface area (Å²) >= 11 is 0. The van der Waals surface area contributed by atoms with Crippen LogP contribution in [0.3, 0.4) is 0 Å². The smallest absolute Gasteiger partial charge is 0.0448 e. The number of likely N-dealkylation sites (N-methyl/N-ethyl adjacent to an activating group) is 1. The maximum Gasteiger partial charge on any atom is 0.0448 e. The van der Waals surface area contributed by atoms with Crippen molar-refractivity contribution in [3.05, 3.63) is 35.7 Å². The van der Waals surface area contributed by atoms with Crippen LogP contribution >= 0.6 is 0 Å². The van der Waals surface area contributed by atoms with Crippen LogP contribution in [0.5, 0.6) is 0 Å². The molecule has 0 unspecified atom stereocenters. The Bertz CT molecular complexity index is 438. The molecule has 0 saturated heterocycles. The minimum atomic E-state index is 0.662. The van der Waals surface area contributed by atoms with Crippen LogP contribution in [-0.4, -0.2) is 24.6 Å². The first kappa shape index (κ1) is 16.7. The number of aromatic nitrogens is 1. The fourth-order valence-corrected chi connectivity index (χ4v) is 2.19. The Kier molecular flexibility index (Phi) is 6.73. The van der Waals surface area contributed by atoms with Crippen LogP contribution in [-0.2, 0) is 6.54 Å². The van der Waals surface area contributed by atoms with Crippen molar-refractivity contribution in [2.24, 2.45) is 5.92 Å². The molecule has 1 aromatic rings. The molecule has 1 N–H and O–H groups in total. The highest BCUT2D eigenvalue weighted by Crippen LogP contribution is 2.21. The van der Waals surface area contributed by atoms with E-state index >= 15 is 0 Å². The Labute approximate surface area is 124 Å². The van der Waals surface area contributed by atoms with E-state index in [9.17, 15) is 0 Å². The van der Waals surface area contributed by atoms with Crippen molar-refractivity contribution < 1.29 is 0 Å². The van der Waals surface area contributed by atoms with E-state index in [0.717, 1.165) is 31.9 Å². The number of hydrogen-bond donors (Lipinski definition) is 1. The average Bonchev–Trinajstić information content (AvgIpc) is 2.37. The van der Waals surface area contributed by atoms with Crippen molar-refractivity contribution in [2.45, 2.75) is 41.2 Å². The molecule has 0 radical (unpaired) electrons. The molecule has 0 aliphatic heterocycles. The lowest BCUT2D eigenvalue weighted by Gasteiger charge is -2.26. The fraction of sp³-hybridized carbons (Fsp3) is 0.588. The fourth-order valence-electron chi connectivity index (χ4n) is 2.19. The molecule has 0 aliphatic carbocycles. The number of anilines is 1. The maximum atomic E-state index is 4.44. The summed E-state index contributed by atoms with van der Waals surface area (Å²) in [6, 6.07) is 2.18. The molecule has 0 aliphatic rings. The summed E-state index contributed by atoms with van der Waals surface area (Å²) in [6.07, 6.45) is 2.00. The van der Waals surface area contributed by atoms with Crippen molar-refractivity contribution in [3.8, 4) is 0 Å². The van der Waals surface area contributed by atoms with Gasteiger partial charge in [0.2, 0.25) is 0 Å². The summed E-state index contributed by atoms with van der Waals surface area (Å²) in [5, 5.41) is 3.50. The van der Waals surface area contributed by atoms with Gasteiger partial charge >= 0.3 is 0 Å². The van der Waals surface area contributed by atoms with Crippen LogP contribution in [0.15, 0.2) is 24.4 Å². The lowest BCUT2D eigenvalue weighted by molar-refractivity contribution is 0.551. The Morgan fingerprint density at radius 3 is 2.70 bits per heavy atom. The minimum Gasteiger partial charge on any atom is -0.367 e. The SMILES string of the molecule is C=C(C)CN(CC)c1cc(C)ncc1CNCC(C)C. The quantitative estimate of drug-likeness (QED) is 0.736. The average molecular weight is 275 g/mol. The monoisotopic (exact) mass is 275 g/mol. The number of rotatable bonds is 8. The van der Waals surface area contributed by atoms with Gasteiger partial charge in [0.1, 0.15) is 0 Å². The lowest BCUT2D eigenvalue weighted by atomic mass is 10.1. The summed E-state index contributed by atoms with van der Waals surface area (Å²) < 4.78 is 0. The van der Waals surface area contributed by atoms with Gasteiger partial charge in [0.05, 0.1) is 0 Å². The number of hydrogen-bond acceptors (Lipinski definition) is 3. The number of aryl methyl sites for hydroxylation is 1. The van der Waals surface area contributed by atoms with Crippen LogP contribution in [0.4, 0.5) is 5.69 Å². The standard InChI is InChI=1S/C17H29N3/c1-7-20(12-14(4)5)17-8-15(6)19-11-16(17)10-18-9-13(2)3/h8,11,13,18H,4,7,9-10,12H2,1-3,5-6H3. The zero-order chi connectivity index (χ0) is 15.1. The highest BCUT2D eigenvalue weighted by Gasteiger charge is 2.11. The molecule has 0 amide bonds. The maximum absolute atomic E-state index is 4.44. The second-order valence-corrected chi connectivity index (χ2v) is 5.95. The predicted molar refractivity (Wildman–Crippen MR) is 88.2 cm³/mol. The zero-order valence-electron chi connectivity index (χ0n) is 13.7. The molecule has 20 heavy (non-hydrogen) atoms. The first-order chi connectivity index (χ1) is 9.43. The van der Waals surface area contributed by atoms with Crippen molar-refractivity contribution in [2.75, 3.05) is 24.5 Å². The number of nitrogens with one attached hydrogen (secondary N) is 1. The Hall–Kier alpha value is -1.35. The van der Waals surface area contributed by atoms with E-state index < -0.39 is 0 Å². The van der Waals surface area contributed by atoms with Gasteiger partial charge in [-0.15, -0.1) is 0 Å². The molecule has 1 heterocycles. The molecule has 1 rings (SSSR count). The molecular weight excluding hydrogens is 246 g/mol. The highest BCUT2D eigenvalue weighted by molar-refractivity contribution is 5.54. The van der Waals surface area contributed by atoms with Gasteiger partial charge in [-0.25, -0.2) is 0 Å². The molecular formula is C17H29N3. The topological polar surface area (TPSA) is 28.2 Å². The van der Waals surface area contributed by atoms with Gasteiger partial charge in [0.15, 0.2) is 0 Å². The van der Waals surface area contributed by atoms with Gasteiger partial charge in [0.25, 0.3) is 0 Å². The molecule has 0 spiro atoms. The van der Waals surface area contributed by atoms with Gasteiger partial charge in [-0.05, 0) is 39.3 Å². The number of nitrogens with zero attached hydrogens (tertiary/aromatic N) is 2.